The van der Waals surface area contributed by atoms with Crippen molar-refractivity contribution >= 4 is 5.91 Å². The minimum Gasteiger partial charge on any atom is -0.513 e. The average molecular weight is 338 g/mol. The summed E-state index contributed by atoms with van der Waals surface area (Å²) in [5.74, 6) is 0.733. The van der Waals surface area contributed by atoms with Crippen molar-refractivity contribution in [3.63, 3.8) is 0 Å². The lowest BCUT2D eigenvalue weighted by atomic mass is 9.81. The molecule has 132 valence electrons. The standard InChI is InChI=1S/C21H26N2O2/c1-15(24)19-17-7-8-18(13-17)20(19)21(25)23-11-9-22(10-12-23)14-16-5-3-2-4-6-16/h2-8,17-20,24H,1,9-14H2/t17-,18+,19?,20?/m0/s1. The molecule has 1 aliphatic heterocycles. The van der Waals surface area contributed by atoms with E-state index in [-0.39, 0.29) is 35.3 Å². The minimum atomic E-state index is -0.117. The van der Waals surface area contributed by atoms with Crippen LogP contribution in [-0.2, 0) is 11.3 Å². The first-order valence-corrected chi connectivity index (χ1v) is 9.24. The van der Waals surface area contributed by atoms with Crippen LogP contribution >= 0.6 is 0 Å². The molecular formula is C21H26N2O2. The monoisotopic (exact) mass is 338 g/mol. The van der Waals surface area contributed by atoms with Gasteiger partial charge in [-0.2, -0.15) is 0 Å². The number of rotatable bonds is 4. The lowest BCUT2D eigenvalue weighted by Gasteiger charge is -2.38. The summed E-state index contributed by atoms with van der Waals surface area (Å²) in [6.07, 6.45) is 5.30. The minimum absolute atomic E-state index is 0.0927. The molecule has 0 aromatic heterocycles. The van der Waals surface area contributed by atoms with E-state index in [1.807, 2.05) is 11.0 Å². The van der Waals surface area contributed by atoms with E-state index in [1.165, 1.54) is 5.56 Å². The molecule has 4 rings (SSSR count). The molecule has 2 aliphatic carbocycles. The van der Waals surface area contributed by atoms with Gasteiger partial charge < -0.3 is 10.0 Å². The van der Waals surface area contributed by atoms with E-state index in [1.54, 1.807) is 0 Å². The van der Waals surface area contributed by atoms with Crippen molar-refractivity contribution in [1.82, 2.24) is 9.80 Å². The fraction of sp³-hybridized carbons (Fsp3) is 0.476. The Morgan fingerprint density at radius 3 is 2.32 bits per heavy atom. The molecule has 4 nitrogen and oxygen atoms in total. The average Bonchev–Trinajstić information content (AvgIpc) is 3.24. The second-order valence-electron chi connectivity index (χ2n) is 7.58. The summed E-state index contributed by atoms with van der Waals surface area (Å²) in [5.41, 5.74) is 1.32. The SMILES string of the molecule is C=C(O)C1C(C(=O)N2CCN(Cc3ccccc3)CC2)[C@@H]2C=C[C@H]1C2. The van der Waals surface area contributed by atoms with Crippen LogP contribution in [0, 0.1) is 23.7 Å². The zero-order valence-corrected chi connectivity index (χ0v) is 14.6. The maximum Gasteiger partial charge on any atom is 0.227 e. The van der Waals surface area contributed by atoms with Gasteiger partial charge in [0.05, 0.1) is 11.7 Å². The predicted octanol–water partition coefficient (Wildman–Crippen LogP) is 2.84. The Hall–Kier alpha value is -2.07. The molecule has 0 spiro atoms. The molecule has 1 saturated heterocycles. The number of aliphatic hydroxyl groups is 1. The fourth-order valence-corrected chi connectivity index (χ4v) is 4.79. The lowest BCUT2D eigenvalue weighted by Crippen LogP contribution is -2.51. The van der Waals surface area contributed by atoms with Crippen molar-refractivity contribution in [2.24, 2.45) is 23.7 Å². The highest BCUT2D eigenvalue weighted by Crippen LogP contribution is 2.50. The zero-order chi connectivity index (χ0) is 17.4. The summed E-state index contributed by atoms with van der Waals surface area (Å²) in [5, 5.41) is 9.99. The van der Waals surface area contributed by atoms with Gasteiger partial charge in [0, 0.05) is 38.6 Å². The third-order valence-corrected chi connectivity index (χ3v) is 6.06. The van der Waals surface area contributed by atoms with Crippen molar-refractivity contribution in [2.75, 3.05) is 26.2 Å². The van der Waals surface area contributed by atoms with E-state index in [9.17, 15) is 9.90 Å². The summed E-state index contributed by atoms with van der Waals surface area (Å²) < 4.78 is 0. The van der Waals surface area contributed by atoms with Crippen LogP contribution in [0.5, 0.6) is 0 Å². The van der Waals surface area contributed by atoms with E-state index in [0.717, 1.165) is 39.1 Å². The van der Waals surface area contributed by atoms with E-state index < -0.39 is 0 Å². The number of piperazine rings is 1. The smallest absolute Gasteiger partial charge is 0.227 e. The van der Waals surface area contributed by atoms with Gasteiger partial charge in [0.2, 0.25) is 5.91 Å². The number of fused-ring (bicyclic) bond motifs is 2. The lowest BCUT2D eigenvalue weighted by molar-refractivity contribution is -0.139. The van der Waals surface area contributed by atoms with Crippen molar-refractivity contribution in [1.29, 1.82) is 0 Å². The summed E-state index contributed by atoms with van der Waals surface area (Å²) in [7, 11) is 0. The molecule has 0 radical (unpaired) electrons. The van der Waals surface area contributed by atoms with E-state index in [0.29, 0.717) is 0 Å². The predicted molar refractivity (Wildman–Crippen MR) is 97.8 cm³/mol. The molecule has 2 unspecified atom stereocenters. The van der Waals surface area contributed by atoms with Crippen LogP contribution in [0.4, 0.5) is 0 Å². The molecule has 1 amide bonds. The number of aliphatic hydroxyl groups excluding tert-OH is 1. The molecular weight excluding hydrogens is 312 g/mol. The molecule has 2 bridgehead atoms. The fourth-order valence-electron chi connectivity index (χ4n) is 4.79. The van der Waals surface area contributed by atoms with Crippen molar-refractivity contribution in [3.05, 3.63) is 60.4 Å². The van der Waals surface area contributed by atoms with Crippen LogP contribution in [-0.4, -0.2) is 47.0 Å². The zero-order valence-electron chi connectivity index (χ0n) is 14.6. The van der Waals surface area contributed by atoms with Crippen LogP contribution in [0.3, 0.4) is 0 Å². The van der Waals surface area contributed by atoms with Crippen LogP contribution in [0.2, 0.25) is 0 Å². The quantitative estimate of drug-likeness (QED) is 0.678. The van der Waals surface area contributed by atoms with Gasteiger partial charge in [-0.05, 0) is 23.8 Å². The van der Waals surface area contributed by atoms with Crippen LogP contribution < -0.4 is 0 Å². The Morgan fingerprint density at radius 2 is 1.68 bits per heavy atom. The maximum atomic E-state index is 13.1. The number of carbonyl (C=O) groups is 1. The van der Waals surface area contributed by atoms with Gasteiger partial charge in [-0.3, -0.25) is 9.69 Å². The number of allylic oxidation sites excluding steroid dienone is 3. The van der Waals surface area contributed by atoms with Gasteiger partial charge in [-0.1, -0.05) is 49.1 Å². The summed E-state index contributed by atoms with van der Waals surface area (Å²) in [6, 6.07) is 10.5. The van der Waals surface area contributed by atoms with E-state index >= 15 is 0 Å². The molecule has 1 N–H and O–H groups in total. The first-order valence-electron chi connectivity index (χ1n) is 9.24. The maximum absolute atomic E-state index is 13.1. The number of hydrogen-bond donors (Lipinski definition) is 1. The highest BCUT2D eigenvalue weighted by Gasteiger charge is 2.50. The first-order chi connectivity index (χ1) is 12.1. The Kier molecular flexibility index (Phi) is 4.38. The first kappa shape index (κ1) is 16.4. The van der Waals surface area contributed by atoms with Gasteiger partial charge >= 0.3 is 0 Å². The topological polar surface area (TPSA) is 43.8 Å². The normalized spacial score (nSPS) is 31.4. The van der Waals surface area contributed by atoms with E-state index in [2.05, 4.69) is 47.9 Å². The Morgan fingerprint density at radius 1 is 1.04 bits per heavy atom. The molecule has 1 saturated carbocycles. The molecule has 25 heavy (non-hydrogen) atoms. The number of benzene rings is 1. The van der Waals surface area contributed by atoms with Crippen molar-refractivity contribution in [3.8, 4) is 0 Å². The molecule has 4 atom stereocenters. The Labute approximate surface area is 149 Å². The van der Waals surface area contributed by atoms with Gasteiger partial charge in [0.25, 0.3) is 0 Å². The third kappa shape index (κ3) is 3.11. The number of nitrogens with zero attached hydrogens (tertiary/aromatic N) is 2. The van der Waals surface area contributed by atoms with Crippen LogP contribution in [0.15, 0.2) is 54.8 Å². The number of carbonyl (C=O) groups excluding carboxylic acids is 1. The number of hydrogen-bond acceptors (Lipinski definition) is 3. The van der Waals surface area contributed by atoms with Crippen molar-refractivity contribution < 1.29 is 9.90 Å². The molecule has 4 heteroatoms. The molecule has 1 aromatic rings. The largest absolute Gasteiger partial charge is 0.513 e. The number of amides is 1. The Balaban J connectivity index is 1.37. The molecule has 1 heterocycles. The highest BCUT2D eigenvalue weighted by atomic mass is 16.3. The van der Waals surface area contributed by atoms with Gasteiger partial charge in [0.1, 0.15) is 0 Å². The second-order valence-corrected chi connectivity index (χ2v) is 7.58. The van der Waals surface area contributed by atoms with Crippen LogP contribution in [0.1, 0.15) is 12.0 Å². The summed E-state index contributed by atoms with van der Waals surface area (Å²) in [6.45, 7) is 8.03. The summed E-state index contributed by atoms with van der Waals surface area (Å²) in [4.78, 5) is 17.5. The summed E-state index contributed by atoms with van der Waals surface area (Å²) >= 11 is 0. The second kappa shape index (κ2) is 6.68. The van der Waals surface area contributed by atoms with E-state index in [4.69, 9.17) is 0 Å². The molecule has 3 aliphatic rings. The third-order valence-electron chi connectivity index (χ3n) is 6.06. The van der Waals surface area contributed by atoms with Gasteiger partial charge in [0.15, 0.2) is 0 Å². The van der Waals surface area contributed by atoms with Gasteiger partial charge in [-0.25, -0.2) is 0 Å². The molecule has 2 fully saturated rings. The van der Waals surface area contributed by atoms with Crippen LogP contribution in [0.25, 0.3) is 0 Å². The molecule has 1 aromatic carbocycles. The van der Waals surface area contributed by atoms with Gasteiger partial charge in [-0.15, -0.1) is 0 Å². The Bertz CT molecular complexity index is 676. The van der Waals surface area contributed by atoms with Crippen molar-refractivity contribution in [2.45, 2.75) is 13.0 Å². The highest BCUT2D eigenvalue weighted by molar-refractivity contribution is 5.81.